The summed E-state index contributed by atoms with van der Waals surface area (Å²) in [6.45, 7) is 2.26. The van der Waals surface area contributed by atoms with Crippen LogP contribution in [0.15, 0.2) is 41.2 Å². The van der Waals surface area contributed by atoms with E-state index in [0.717, 1.165) is 22.3 Å². The van der Waals surface area contributed by atoms with Crippen LogP contribution in [-0.4, -0.2) is 9.97 Å². The van der Waals surface area contributed by atoms with Gasteiger partial charge in [0, 0.05) is 12.2 Å². The predicted molar refractivity (Wildman–Crippen MR) is 77.4 cm³/mol. The van der Waals surface area contributed by atoms with Crippen molar-refractivity contribution in [3.05, 3.63) is 63.8 Å². The van der Waals surface area contributed by atoms with Crippen molar-refractivity contribution in [2.24, 2.45) is 0 Å². The van der Waals surface area contributed by atoms with Crippen LogP contribution in [0.25, 0.3) is 11.0 Å². The monoisotopic (exact) mass is 271 g/mol. The van der Waals surface area contributed by atoms with Crippen LogP contribution in [0.2, 0.25) is 0 Å². The summed E-state index contributed by atoms with van der Waals surface area (Å²) in [4.78, 5) is 16.6. The van der Waals surface area contributed by atoms with Crippen LogP contribution >= 0.6 is 0 Å². The van der Waals surface area contributed by atoms with Crippen LogP contribution in [-0.2, 0) is 6.54 Å². The molecular formula is C15H14FN3O. The van der Waals surface area contributed by atoms with Crippen LogP contribution in [0, 0.1) is 12.7 Å². The van der Waals surface area contributed by atoms with Crippen molar-refractivity contribution in [2.75, 3.05) is 5.32 Å². The van der Waals surface area contributed by atoms with Gasteiger partial charge in [0.2, 0.25) is 0 Å². The van der Waals surface area contributed by atoms with Gasteiger partial charge >= 0.3 is 5.69 Å². The quantitative estimate of drug-likeness (QED) is 0.686. The van der Waals surface area contributed by atoms with Crippen molar-refractivity contribution in [2.45, 2.75) is 13.5 Å². The van der Waals surface area contributed by atoms with E-state index in [1.54, 1.807) is 13.0 Å². The summed E-state index contributed by atoms with van der Waals surface area (Å²) in [6.07, 6.45) is 0. The Morgan fingerprint density at radius 1 is 1.10 bits per heavy atom. The summed E-state index contributed by atoms with van der Waals surface area (Å²) in [6, 6.07) is 10.7. The van der Waals surface area contributed by atoms with E-state index in [1.807, 2.05) is 24.3 Å². The molecule has 0 bridgehead atoms. The third kappa shape index (κ3) is 2.42. The molecule has 3 aromatic rings. The number of nitrogens with one attached hydrogen (secondary N) is 3. The lowest BCUT2D eigenvalue weighted by Gasteiger charge is -2.07. The fourth-order valence-electron chi connectivity index (χ4n) is 2.09. The highest BCUT2D eigenvalue weighted by molar-refractivity contribution is 5.78. The van der Waals surface area contributed by atoms with E-state index in [2.05, 4.69) is 15.3 Å². The molecule has 0 fully saturated rings. The first-order valence-electron chi connectivity index (χ1n) is 6.33. The molecule has 4 nitrogen and oxygen atoms in total. The summed E-state index contributed by atoms with van der Waals surface area (Å²) in [5, 5.41) is 3.21. The minimum Gasteiger partial charge on any atom is -0.381 e. The van der Waals surface area contributed by atoms with E-state index in [9.17, 15) is 9.18 Å². The fourth-order valence-corrected chi connectivity index (χ4v) is 2.09. The number of aromatic amines is 2. The van der Waals surface area contributed by atoms with E-state index in [0.29, 0.717) is 12.1 Å². The minimum atomic E-state index is -0.224. The van der Waals surface area contributed by atoms with Gasteiger partial charge in [0.25, 0.3) is 0 Å². The molecule has 20 heavy (non-hydrogen) atoms. The van der Waals surface area contributed by atoms with Gasteiger partial charge in [-0.2, -0.15) is 0 Å². The van der Waals surface area contributed by atoms with Crippen LogP contribution in [0.1, 0.15) is 11.1 Å². The maximum Gasteiger partial charge on any atom is 0.323 e. The largest absolute Gasteiger partial charge is 0.381 e. The predicted octanol–water partition coefficient (Wildman–Crippen LogP) is 2.92. The number of fused-ring (bicyclic) bond motifs is 1. The molecule has 0 amide bonds. The lowest BCUT2D eigenvalue weighted by atomic mass is 10.1. The molecule has 0 spiro atoms. The lowest BCUT2D eigenvalue weighted by molar-refractivity contribution is 0.616. The molecule has 0 aliphatic heterocycles. The summed E-state index contributed by atoms with van der Waals surface area (Å²) < 4.78 is 13.4. The SMILES string of the molecule is Cc1ccc(CNc2ccc3[nH]c(=O)[nH]c3c2)cc1F. The van der Waals surface area contributed by atoms with Crippen molar-refractivity contribution >= 4 is 16.7 Å². The van der Waals surface area contributed by atoms with E-state index in [1.165, 1.54) is 6.07 Å². The summed E-state index contributed by atoms with van der Waals surface area (Å²) in [5.74, 6) is -0.199. The van der Waals surface area contributed by atoms with Gasteiger partial charge in [-0.25, -0.2) is 9.18 Å². The van der Waals surface area contributed by atoms with Gasteiger partial charge in [-0.1, -0.05) is 12.1 Å². The molecule has 1 aromatic heterocycles. The topological polar surface area (TPSA) is 60.7 Å². The first kappa shape index (κ1) is 12.5. The highest BCUT2D eigenvalue weighted by Crippen LogP contribution is 2.16. The highest BCUT2D eigenvalue weighted by Gasteiger charge is 2.02. The minimum absolute atomic E-state index is 0.199. The van der Waals surface area contributed by atoms with Gasteiger partial charge in [0.15, 0.2) is 0 Å². The van der Waals surface area contributed by atoms with Gasteiger partial charge in [-0.05, 0) is 42.3 Å². The second-order valence-electron chi connectivity index (χ2n) is 4.78. The Balaban J connectivity index is 1.78. The summed E-state index contributed by atoms with van der Waals surface area (Å²) in [7, 11) is 0. The average molecular weight is 271 g/mol. The molecule has 0 radical (unpaired) electrons. The smallest absolute Gasteiger partial charge is 0.323 e. The highest BCUT2D eigenvalue weighted by atomic mass is 19.1. The van der Waals surface area contributed by atoms with Gasteiger partial charge in [0.1, 0.15) is 5.82 Å². The van der Waals surface area contributed by atoms with E-state index >= 15 is 0 Å². The van der Waals surface area contributed by atoms with Gasteiger partial charge in [-0.3, -0.25) is 0 Å². The molecule has 3 rings (SSSR count). The first-order valence-corrected chi connectivity index (χ1v) is 6.33. The van der Waals surface area contributed by atoms with E-state index in [-0.39, 0.29) is 11.5 Å². The normalized spacial score (nSPS) is 10.9. The van der Waals surface area contributed by atoms with Crippen molar-refractivity contribution in [3.63, 3.8) is 0 Å². The zero-order valence-electron chi connectivity index (χ0n) is 11.0. The number of aromatic nitrogens is 2. The number of benzene rings is 2. The fraction of sp³-hybridized carbons (Fsp3) is 0.133. The molecule has 0 aliphatic carbocycles. The van der Waals surface area contributed by atoms with Crippen LogP contribution < -0.4 is 11.0 Å². The number of hydrogen-bond acceptors (Lipinski definition) is 2. The van der Waals surface area contributed by atoms with Crippen molar-refractivity contribution in [1.29, 1.82) is 0 Å². The molecule has 0 atom stereocenters. The van der Waals surface area contributed by atoms with Crippen molar-refractivity contribution in [1.82, 2.24) is 9.97 Å². The van der Waals surface area contributed by atoms with Crippen molar-refractivity contribution in [3.8, 4) is 0 Å². The Labute approximate surface area is 114 Å². The zero-order chi connectivity index (χ0) is 14.1. The number of halogens is 1. The average Bonchev–Trinajstić information content (AvgIpc) is 2.79. The maximum absolute atomic E-state index is 13.4. The van der Waals surface area contributed by atoms with Crippen LogP contribution in [0.3, 0.4) is 0 Å². The molecule has 3 N–H and O–H groups in total. The van der Waals surface area contributed by atoms with Gasteiger partial charge < -0.3 is 15.3 Å². The molecule has 0 saturated heterocycles. The molecule has 0 aliphatic rings. The second kappa shape index (κ2) is 4.85. The van der Waals surface area contributed by atoms with Gasteiger partial charge in [0.05, 0.1) is 11.0 Å². The molecule has 2 aromatic carbocycles. The maximum atomic E-state index is 13.4. The number of H-pyrrole nitrogens is 2. The Bertz CT molecular complexity index is 819. The van der Waals surface area contributed by atoms with E-state index in [4.69, 9.17) is 0 Å². The molecule has 0 saturated carbocycles. The third-order valence-electron chi connectivity index (χ3n) is 3.25. The lowest BCUT2D eigenvalue weighted by Crippen LogP contribution is -2.00. The molecule has 102 valence electrons. The Morgan fingerprint density at radius 2 is 1.90 bits per heavy atom. The molecule has 5 heteroatoms. The number of imidazole rings is 1. The first-order chi connectivity index (χ1) is 9.61. The second-order valence-corrected chi connectivity index (χ2v) is 4.78. The zero-order valence-corrected chi connectivity index (χ0v) is 11.0. The van der Waals surface area contributed by atoms with Gasteiger partial charge in [-0.15, -0.1) is 0 Å². The number of hydrogen-bond donors (Lipinski definition) is 3. The third-order valence-corrected chi connectivity index (χ3v) is 3.25. The van der Waals surface area contributed by atoms with Crippen LogP contribution in [0.5, 0.6) is 0 Å². The molecule has 1 heterocycles. The Hall–Kier alpha value is -2.56. The summed E-state index contributed by atoms with van der Waals surface area (Å²) >= 11 is 0. The van der Waals surface area contributed by atoms with Crippen molar-refractivity contribution < 1.29 is 4.39 Å². The van der Waals surface area contributed by atoms with E-state index < -0.39 is 0 Å². The molecular weight excluding hydrogens is 257 g/mol. The Kier molecular flexibility index (Phi) is 3.02. The summed E-state index contributed by atoms with van der Waals surface area (Å²) in [5.41, 5.74) is 3.67. The number of rotatable bonds is 3. The Morgan fingerprint density at radius 3 is 2.70 bits per heavy atom. The number of aryl methyl sites for hydroxylation is 1. The van der Waals surface area contributed by atoms with Crippen LogP contribution in [0.4, 0.5) is 10.1 Å². The number of anilines is 1. The molecule has 0 unspecified atom stereocenters. The standard InChI is InChI=1S/C15H14FN3O/c1-9-2-3-10(6-12(9)16)8-17-11-4-5-13-14(7-11)19-15(20)18-13/h2-7,17H,8H2,1H3,(H2,18,19,20).